The van der Waals surface area contributed by atoms with E-state index in [2.05, 4.69) is 0 Å². The molecule has 0 fully saturated rings. The lowest BCUT2D eigenvalue weighted by atomic mass is 10.3. The van der Waals surface area contributed by atoms with Gasteiger partial charge in [-0.2, -0.15) is 0 Å². The summed E-state index contributed by atoms with van der Waals surface area (Å²) in [5, 5.41) is 9.54. The summed E-state index contributed by atoms with van der Waals surface area (Å²) in [5.41, 5.74) is 0.257. The van der Waals surface area contributed by atoms with E-state index >= 15 is 0 Å². The van der Waals surface area contributed by atoms with Crippen LogP contribution in [0.5, 0.6) is 0 Å². The number of aliphatic hydroxyl groups is 1. The molecule has 2 rings (SSSR count). The van der Waals surface area contributed by atoms with E-state index in [0.717, 1.165) is 16.4 Å². The Morgan fingerprint density at radius 2 is 1.77 bits per heavy atom. The van der Waals surface area contributed by atoms with Gasteiger partial charge in [-0.25, -0.2) is 17.2 Å². The van der Waals surface area contributed by atoms with Crippen molar-refractivity contribution < 1.29 is 22.3 Å². The van der Waals surface area contributed by atoms with Crippen molar-refractivity contribution in [3.8, 4) is 0 Å². The summed E-state index contributed by atoms with van der Waals surface area (Å²) in [4.78, 5) is -0.767. The van der Waals surface area contributed by atoms with Crippen molar-refractivity contribution in [1.29, 1.82) is 0 Å². The van der Waals surface area contributed by atoms with E-state index in [0.29, 0.717) is 6.07 Å². The first-order valence-corrected chi connectivity index (χ1v) is 7.97. The first kappa shape index (κ1) is 16.4. The Labute approximate surface area is 127 Å². The summed E-state index contributed by atoms with van der Waals surface area (Å²) in [7, 11) is -4.34. The molecule has 0 aliphatic rings. The molecule has 7 heteroatoms. The number of halogens is 2. The van der Waals surface area contributed by atoms with Gasteiger partial charge in [-0.15, -0.1) is 0 Å². The zero-order valence-electron chi connectivity index (χ0n) is 11.8. The fourth-order valence-electron chi connectivity index (χ4n) is 1.97. The number of aliphatic hydroxyl groups excluding tert-OH is 1. The van der Waals surface area contributed by atoms with Crippen LogP contribution >= 0.6 is 0 Å². The summed E-state index contributed by atoms with van der Waals surface area (Å²) >= 11 is 0. The van der Waals surface area contributed by atoms with Crippen molar-refractivity contribution in [2.75, 3.05) is 10.8 Å². The van der Waals surface area contributed by atoms with Gasteiger partial charge < -0.3 is 5.11 Å². The van der Waals surface area contributed by atoms with Gasteiger partial charge in [0, 0.05) is 0 Å². The Bertz CT molecular complexity index is 749. The number of para-hydroxylation sites is 1. The van der Waals surface area contributed by atoms with E-state index in [9.17, 15) is 22.3 Å². The van der Waals surface area contributed by atoms with Crippen LogP contribution in [-0.4, -0.2) is 26.2 Å². The van der Waals surface area contributed by atoms with Gasteiger partial charge in [0.15, 0.2) is 0 Å². The maximum absolute atomic E-state index is 13.8. The number of sulfonamides is 1. The minimum atomic E-state index is -4.34. The number of nitrogens with zero attached hydrogens (tertiary/aromatic N) is 1. The van der Waals surface area contributed by atoms with E-state index in [4.69, 9.17) is 0 Å². The first-order valence-electron chi connectivity index (χ1n) is 6.53. The Balaban J connectivity index is 2.57. The van der Waals surface area contributed by atoms with Crippen molar-refractivity contribution in [2.45, 2.75) is 17.9 Å². The van der Waals surface area contributed by atoms with Gasteiger partial charge in [0.1, 0.15) is 16.5 Å². The molecule has 2 aromatic carbocycles. The third-order valence-corrected chi connectivity index (χ3v) is 4.74. The molecule has 0 heterocycles. The highest BCUT2D eigenvalue weighted by molar-refractivity contribution is 7.92. The number of hydrogen-bond donors (Lipinski definition) is 1. The van der Waals surface area contributed by atoms with E-state index in [1.54, 1.807) is 18.2 Å². The van der Waals surface area contributed by atoms with Crippen LogP contribution in [0.15, 0.2) is 53.4 Å². The summed E-state index contributed by atoms with van der Waals surface area (Å²) in [6, 6.07) is 10.2. The van der Waals surface area contributed by atoms with E-state index in [1.165, 1.54) is 19.1 Å². The molecular weight excluding hydrogens is 312 g/mol. The van der Waals surface area contributed by atoms with Gasteiger partial charge in [-0.05, 0) is 37.3 Å². The van der Waals surface area contributed by atoms with Gasteiger partial charge in [-0.3, -0.25) is 4.31 Å². The molecule has 2 aromatic rings. The van der Waals surface area contributed by atoms with Crippen LogP contribution in [0.3, 0.4) is 0 Å². The van der Waals surface area contributed by atoms with Gasteiger partial charge in [-0.1, -0.05) is 18.2 Å². The zero-order valence-corrected chi connectivity index (χ0v) is 12.6. The summed E-state index contributed by atoms with van der Waals surface area (Å²) in [6.07, 6.45) is -0.980. The largest absolute Gasteiger partial charge is 0.392 e. The average molecular weight is 327 g/mol. The van der Waals surface area contributed by atoms with Gasteiger partial charge >= 0.3 is 0 Å². The Morgan fingerprint density at radius 3 is 2.36 bits per heavy atom. The fraction of sp³-hybridized carbons (Fsp3) is 0.200. The lowest BCUT2D eigenvalue weighted by Crippen LogP contribution is -2.37. The van der Waals surface area contributed by atoms with E-state index < -0.39 is 32.7 Å². The molecule has 0 radical (unpaired) electrons. The molecule has 0 saturated carbocycles. The predicted molar refractivity (Wildman–Crippen MR) is 79.0 cm³/mol. The molecule has 22 heavy (non-hydrogen) atoms. The quantitative estimate of drug-likeness (QED) is 0.918. The number of rotatable bonds is 5. The summed E-state index contributed by atoms with van der Waals surface area (Å²) in [5.74, 6) is -1.90. The molecule has 4 nitrogen and oxygen atoms in total. The maximum Gasteiger partial charge on any atom is 0.267 e. The fourth-order valence-corrected chi connectivity index (χ4v) is 3.59. The standard InChI is InChI=1S/C15H15F2NO3S/c1-11(19)10-18(13-5-3-2-4-6-13)22(20,21)15-9-12(16)7-8-14(15)17/h2-9,11,19H,10H2,1H3. The van der Waals surface area contributed by atoms with Crippen LogP contribution in [0, 0.1) is 11.6 Å². The molecule has 0 bridgehead atoms. The second-order valence-electron chi connectivity index (χ2n) is 4.80. The highest BCUT2D eigenvalue weighted by Crippen LogP contribution is 2.26. The maximum atomic E-state index is 13.8. The minimum absolute atomic E-state index is 0.257. The third-order valence-electron chi connectivity index (χ3n) is 2.94. The molecule has 1 N–H and O–H groups in total. The first-order chi connectivity index (χ1) is 10.3. The third kappa shape index (κ3) is 3.42. The summed E-state index contributed by atoms with van der Waals surface area (Å²) in [6.45, 7) is 1.13. The Kier molecular flexibility index (Phi) is 4.77. The minimum Gasteiger partial charge on any atom is -0.392 e. The van der Waals surface area contributed by atoms with Gasteiger partial charge in [0.2, 0.25) is 0 Å². The average Bonchev–Trinajstić information content (AvgIpc) is 2.47. The molecule has 1 unspecified atom stereocenters. The number of anilines is 1. The predicted octanol–water partition coefficient (Wildman–Crippen LogP) is 2.54. The highest BCUT2D eigenvalue weighted by Gasteiger charge is 2.29. The molecule has 0 aromatic heterocycles. The monoisotopic (exact) mass is 327 g/mol. The van der Waals surface area contributed by atoms with Crippen molar-refractivity contribution in [1.82, 2.24) is 0 Å². The van der Waals surface area contributed by atoms with Gasteiger partial charge in [0.25, 0.3) is 10.0 Å². The lowest BCUT2D eigenvalue weighted by molar-refractivity contribution is 0.204. The van der Waals surface area contributed by atoms with E-state index in [-0.39, 0.29) is 12.2 Å². The molecule has 0 saturated heterocycles. The van der Waals surface area contributed by atoms with Crippen LogP contribution < -0.4 is 4.31 Å². The Hall–Kier alpha value is -1.99. The van der Waals surface area contributed by atoms with Crippen LogP contribution in [-0.2, 0) is 10.0 Å². The second kappa shape index (κ2) is 6.41. The highest BCUT2D eigenvalue weighted by atomic mass is 32.2. The van der Waals surface area contributed by atoms with Crippen LogP contribution in [0.4, 0.5) is 14.5 Å². The molecule has 0 spiro atoms. The van der Waals surface area contributed by atoms with Crippen LogP contribution in [0.2, 0.25) is 0 Å². The zero-order chi connectivity index (χ0) is 16.3. The van der Waals surface area contributed by atoms with Crippen molar-refractivity contribution >= 4 is 15.7 Å². The van der Waals surface area contributed by atoms with Crippen molar-refractivity contribution in [3.63, 3.8) is 0 Å². The molecule has 0 amide bonds. The number of benzene rings is 2. The van der Waals surface area contributed by atoms with Crippen LogP contribution in [0.1, 0.15) is 6.92 Å². The van der Waals surface area contributed by atoms with Crippen molar-refractivity contribution in [3.05, 3.63) is 60.2 Å². The molecule has 118 valence electrons. The number of hydrogen-bond acceptors (Lipinski definition) is 3. The van der Waals surface area contributed by atoms with Crippen molar-refractivity contribution in [2.24, 2.45) is 0 Å². The molecule has 0 aliphatic heterocycles. The lowest BCUT2D eigenvalue weighted by Gasteiger charge is -2.25. The Morgan fingerprint density at radius 1 is 1.14 bits per heavy atom. The topological polar surface area (TPSA) is 57.6 Å². The molecule has 1 atom stereocenters. The normalized spacial score (nSPS) is 12.9. The summed E-state index contributed by atoms with van der Waals surface area (Å²) < 4.78 is 53.3. The van der Waals surface area contributed by atoms with Gasteiger partial charge in [0.05, 0.1) is 18.3 Å². The smallest absolute Gasteiger partial charge is 0.267 e. The van der Waals surface area contributed by atoms with E-state index in [1.807, 2.05) is 0 Å². The molecular formula is C15H15F2NO3S. The second-order valence-corrected chi connectivity index (χ2v) is 6.63. The molecule has 0 aliphatic carbocycles. The van der Waals surface area contributed by atoms with Crippen LogP contribution in [0.25, 0.3) is 0 Å². The SMILES string of the molecule is CC(O)CN(c1ccccc1)S(=O)(=O)c1cc(F)ccc1F.